The van der Waals surface area contributed by atoms with Crippen molar-refractivity contribution >= 4 is 11.8 Å². The minimum atomic E-state index is 0.0963. The summed E-state index contributed by atoms with van der Waals surface area (Å²) >= 11 is 0. The third kappa shape index (κ3) is 3.69. The number of carbonyl (C=O) groups excluding carboxylic acids is 2. The van der Waals surface area contributed by atoms with Gasteiger partial charge in [-0.3, -0.25) is 9.59 Å². The summed E-state index contributed by atoms with van der Waals surface area (Å²) in [5.41, 5.74) is 3.34. The first-order chi connectivity index (χ1) is 13.2. The number of likely N-dealkylation sites (tertiary alicyclic amines) is 2. The summed E-state index contributed by atoms with van der Waals surface area (Å²) in [7, 11) is 1.65. The number of carbonyl (C=O) groups is 2. The van der Waals surface area contributed by atoms with Gasteiger partial charge >= 0.3 is 0 Å². The van der Waals surface area contributed by atoms with Crippen LogP contribution in [-0.2, 0) is 17.6 Å². The van der Waals surface area contributed by atoms with Gasteiger partial charge in [-0.15, -0.1) is 0 Å². The number of rotatable bonds is 5. The normalized spacial score (nSPS) is 22.3. The van der Waals surface area contributed by atoms with E-state index in [-0.39, 0.29) is 17.9 Å². The minimum absolute atomic E-state index is 0.0963. The molecule has 2 fully saturated rings. The molecule has 1 atom stereocenters. The van der Waals surface area contributed by atoms with Crippen LogP contribution in [0.4, 0.5) is 0 Å². The molecular weight excluding hydrogens is 340 g/mol. The molecule has 3 aliphatic rings. The van der Waals surface area contributed by atoms with Gasteiger partial charge in [0.05, 0.1) is 12.7 Å². The summed E-state index contributed by atoms with van der Waals surface area (Å²) in [6.07, 6.45) is 9.06. The number of hydrogen-bond donors (Lipinski definition) is 0. The maximum Gasteiger partial charge on any atom is 0.257 e. The maximum absolute atomic E-state index is 13.4. The van der Waals surface area contributed by atoms with E-state index < -0.39 is 0 Å². The Hall–Kier alpha value is -2.04. The third-order valence-corrected chi connectivity index (χ3v) is 6.44. The van der Waals surface area contributed by atoms with Crippen LogP contribution in [0.5, 0.6) is 5.75 Å². The van der Waals surface area contributed by atoms with E-state index in [1.165, 1.54) is 11.1 Å². The summed E-state index contributed by atoms with van der Waals surface area (Å²) in [4.78, 5) is 29.3. The Morgan fingerprint density at radius 3 is 2.63 bits per heavy atom. The first-order valence-corrected chi connectivity index (χ1v) is 10.5. The fourth-order valence-corrected chi connectivity index (χ4v) is 4.91. The second-order valence-electron chi connectivity index (χ2n) is 8.10. The molecule has 5 nitrogen and oxygen atoms in total. The van der Waals surface area contributed by atoms with Crippen molar-refractivity contribution in [3.05, 3.63) is 28.8 Å². The molecule has 0 bridgehead atoms. The number of nitrogens with zero attached hydrogens (tertiary/aromatic N) is 2. The molecule has 2 aliphatic heterocycles. The quantitative estimate of drug-likeness (QED) is 0.800. The molecule has 0 radical (unpaired) electrons. The Bertz CT molecular complexity index is 731. The van der Waals surface area contributed by atoms with Gasteiger partial charge in [0.25, 0.3) is 5.91 Å². The van der Waals surface area contributed by atoms with Gasteiger partial charge in [0.1, 0.15) is 5.75 Å². The Balaban J connectivity index is 1.51. The number of piperidine rings is 1. The fraction of sp³-hybridized carbons (Fsp3) is 0.636. The zero-order valence-electron chi connectivity index (χ0n) is 16.3. The van der Waals surface area contributed by atoms with Crippen LogP contribution in [0.1, 0.15) is 66.4 Å². The first kappa shape index (κ1) is 18.3. The Labute approximate surface area is 161 Å². The molecule has 2 saturated heterocycles. The maximum atomic E-state index is 13.4. The largest absolute Gasteiger partial charge is 0.496 e. The number of benzene rings is 1. The molecule has 1 aromatic carbocycles. The lowest BCUT2D eigenvalue weighted by atomic mass is 9.96. The molecular formula is C22H30N2O3. The van der Waals surface area contributed by atoms with E-state index in [1.54, 1.807) is 7.11 Å². The van der Waals surface area contributed by atoms with Crippen molar-refractivity contribution in [3.63, 3.8) is 0 Å². The molecule has 0 saturated carbocycles. The highest BCUT2D eigenvalue weighted by molar-refractivity contribution is 5.97. The predicted molar refractivity (Wildman–Crippen MR) is 104 cm³/mol. The summed E-state index contributed by atoms with van der Waals surface area (Å²) in [5, 5.41) is 0. The number of fused-ring (bicyclic) bond motifs is 1. The zero-order chi connectivity index (χ0) is 18.8. The van der Waals surface area contributed by atoms with E-state index in [0.29, 0.717) is 17.7 Å². The first-order valence-electron chi connectivity index (χ1n) is 10.5. The van der Waals surface area contributed by atoms with Crippen molar-refractivity contribution < 1.29 is 14.3 Å². The Kier molecular flexibility index (Phi) is 5.37. The number of aryl methyl sites for hydroxylation is 2. The minimum Gasteiger partial charge on any atom is -0.496 e. The summed E-state index contributed by atoms with van der Waals surface area (Å²) in [6, 6.07) is 4.36. The van der Waals surface area contributed by atoms with E-state index in [9.17, 15) is 9.59 Å². The predicted octanol–water partition coefficient (Wildman–Crippen LogP) is 3.19. The molecule has 1 unspecified atom stereocenters. The number of amides is 2. The van der Waals surface area contributed by atoms with Crippen molar-refractivity contribution in [2.24, 2.45) is 0 Å². The van der Waals surface area contributed by atoms with Crippen LogP contribution >= 0.6 is 0 Å². The van der Waals surface area contributed by atoms with Gasteiger partial charge in [-0.1, -0.05) is 0 Å². The Morgan fingerprint density at radius 2 is 1.89 bits per heavy atom. The Morgan fingerprint density at radius 1 is 1.07 bits per heavy atom. The van der Waals surface area contributed by atoms with Gasteiger partial charge in [0.15, 0.2) is 0 Å². The van der Waals surface area contributed by atoms with E-state index >= 15 is 0 Å². The van der Waals surface area contributed by atoms with Crippen LogP contribution in [-0.4, -0.2) is 54.4 Å². The van der Waals surface area contributed by atoms with Crippen LogP contribution < -0.4 is 4.74 Å². The third-order valence-electron chi connectivity index (χ3n) is 6.44. The van der Waals surface area contributed by atoms with Crippen LogP contribution in [0.25, 0.3) is 0 Å². The lowest BCUT2D eigenvalue weighted by Gasteiger charge is -2.37. The van der Waals surface area contributed by atoms with Crippen LogP contribution in [0, 0.1) is 0 Å². The summed E-state index contributed by atoms with van der Waals surface area (Å²) in [6.45, 7) is 2.45. The van der Waals surface area contributed by atoms with Gasteiger partial charge in [-0.2, -0.15) is 0 Å². The van der Waals surface area contributed by atoms with Crippen LogP contribution in [0.3, 0.4) is 0 Å². The molecule has 2 amide bonds. The van der Waals surface area contributed by atoms with Crippen LogP contribution in [0.2, 0.25) is 0 Å². The van der Waals surface area contributed by atoms with Gasteiger partial charge in [-0.05, 0) is 74.6 Å². The zero-order valence-corrected chi connectivity index (χ0v) is 16.3. The fourth-order valence-electron chi connectivity index (χ4n) is 4.91. The molecule has 1 aromatic rings. The van der Waals surface area contributed by atoms with Gasteiger partial charge < -0.3 is 14.5 Å². The van der Waals surface area contributed by atoms with E-state index in [0.717, 1.165) is 71.0 Å². The van der Waals surface area contributed by atoms with E-state index in [4.69, 9.17) is 4.74 Å². The molecule has 27 heavy (non-hydrogen) atoms. The topological polar surface area (TPSA) is 49.9 Å². The molecule has 146 valence electrons. The van der Waals surface area contributed by atoms with Crippen LogP contribution in [0.15, 0.2) is 12.1 Å². The summed E-state index contributed by atoms with van der Waals surface area (Å²) in [5.74, 6) is 1.07. The lowest BCUT2D eigenvalue weighted by molar-refractivity contribution is -0.127. The number of methoxy groups -OCH3 is 1. The molecule has 4 rings (SSSR count). The molecule has 2 heterocycles. The highest BCUT2D eigenvalue weighted by Crippen LogP contribution is 2.32. The van der Waals surface area contributed by atoms with Crippen molar-refractivity contribution in [3.8, 4) is 5.75 Å². The van der Waals surface area contributed by atoms with Crippen molar-refractivity contribution in [1.82, 2.24) is 9.80 Å². The SMILES string of the molecule is COc1cc2c(cc1C(=O)N1CCCCC1CCN1CCCC1=O)CCC2. The molecule has 0 N–H and O–H groups in total. The lowest BCUT2D eigenvalue weighted by Crippen LogP contribution is -2.45. The summed E-state index contributed by atoms with van der Waals surface area (Å²) < 4.78 is 5.57. The highest BCUT2D eigenvalue weighted by atomic mass is 16.5. The second-order valence-corrected chi connectivity index (χ2v) is 8.10. The van der Waals surface area contributed by atoms with Crippen molar-refractivity contribution in [2.45, 2.75) is 63.8 Å². The molecule has 0 spiro atoms. The van der Waals surface area contributed by atoms with Gasteiger partial charge in [0.2, 0.25) is 5.91 Å². The van der Waals surface area contributed by atoms with Gasteiger partial charge in [-0.25, -0.2) is 0 Å². The highest BCUT2D eigenvalue weighted by Gasteiger charge is 2.31. The van der Waals surface area contributed by atoms with E-state index in [1.807, 2.05) is 9.80 Å². The average molecular weight is 370 g/mol. The molecule has 5 heteroatoms. The van der Waals surface area contributed by atoms with Gasteiger partial charge in [0, 0.05) is 32.1 Å². The van der Waals surface area contributed by atoms with E-state index in [2.05, 4.69) is 12.1 Å². The monoisotopic (exact) mass is 370 g/mol. The average Bonchev–Trinajstić information content (AvgIpc) is 3.33. The van der Waals surface area contributed by atoms with Crippen molar-refractivity contribution in [2.75, 3.05) is 26.7 Å². The molecule has 1 aliphatic carbocycles. The molecule has 0 aromatic heterocycles. The second kappa shape index (κ2) is 7.91. The smallest absolute Gasteiger partial charge is 0.257 e. The number of hydrogen-bond acceptors (Lipinski definition) is 3. The standard InChI is InChI=1S/C22H30N2O3/c1-27-20-15-17-7-4-6-16(17)14-19(20)22(26)24-12-3-2-8-18(24)10-13-23-11-5-9-21(23)25/h14-15,18H,2-13H2,1H3. The van der Waals surface area contributed by atoms with Crippen molar-refractivity contribution in [1.29, 1.82) is 0 Å². The number of ether oxygens (including phenoxy) is 1.